The number of methoxy groups -OCH3 is 1. The van der Waals surface area contributed by atoms with E-state index in [1.54, 1.807) is 12.1 Å². The molecule has 21 heavy (non-hydrogen) atoms. The van der Waals surface area contributed by atoms with Gasteiger partial charge in [0.25, 0.3) is 0 Å². The van der Waals surface area contributed by atoms with Crippen LogP contribution < -0.4 is 0 Å². The first-order valence-corrected chi connectivity index (χ1v) is 6.90. The number of carbonyl (C=O) groups excluding carboxylic acids is 1. The van der Waals surface area contributed by atoms with Gasteiger partial charge >= 0.3 is 5.97 Å². The van der Waals surface area contributed by atoms with Gasteiger partial charge in [-0.1, -0.05) is 12.1 Å². The molecule has 1 aliphatic rings. The Morgan fingerprint density at radius 2 is 2.14 bits per heavy atom. The summed E-state index contributed by atoms with van der Waals surface area (Å²) in [5.74, 6) is 1.10. The molecule has 1 aromatic heterocycles. The Hall–Kier alpha value is -2.24. The number of benzene rings is 1. The molecule has 0 saturated heterocycles. The number of halogens is 1. The third kappa shape index (κ3) is 2.79. The number of esters is 1. The lowest BCUT2D eigenvalue weighted by Crippen LogP contribution is -2.28. The van der Waals surface area contributed by atoms with Crippen LogP contribution in [-0.2, 0) is 28.9 Å². The first-order chi connectivity index (χ1) is 10.2. The first-order valence-electron chi connectivity index (χ1n) is 6.90. The van der Waals surface area contributed by atoms with Crippen LogP contribution in [0.5, 0.6) is 0 Å². The molecule has 5 nitrogen and oxygen atoms in total. The number of carbonyl (C=O) groups is 1. The number of fused-ring (bicyclic) bond motifs is 1. The third-order valence-electron chi connectivity index (χ3n) is 3.83. The highest BCUT2D eigenvalue weighted by Gasteiger charge is 2.28. The molecule has 1 aliphatic heterocycles. The number of hydrogen-bond donors (Lipinski definition) is 0. The molecule has 0 radical (unpaired) electrons. The summed E-state index contributed by atoms with van der Waals surface area (Å²) in [6, 6.07) is 6.33. The Labute approximate surface area is 121 Å². The van der Waals surface area contributed by atoms with Gasteiger partial charge in [0.05, 0.1) is 13.0 Å². The Morgan fingerprint density at radius 3 is 2.86 bits per heavy atom. The van der Waals surface area contributed by atoms with Gasteiger partial charge in [-0.05, 0) is 24.1 Å². The Bertz CT molecular complexity index is 651. The van der Waals surface area contributed by atoms with E-state index in [0.29, 0.717) is 13.0 Å². The van der Waals surface area contributed by atoms with E-state index in [-0.39, 0.29) is 17.7 Å². The molecular formula is C15H16FN3O2. The predicted octanol–water partition coefficient (Wildman–Crippen LogP) is 1.74. The van der Waals surface area contributed by atoms with Crippen molar-refractivity contribution in [3.05, 3.63) is 47.3 Å². The summed E-state index contributed by atoms with van der Waals surface area (Å²) in [6.07, 6.45) is 2.03. The quantitative estimate of drug-likeness (QED) is 0.808. The fourth-order valence-electron chi connectivity index (χ4n) is 2.66. The number of nitrogens with zero attached hydrogens (tertiary/aromatic N) is 3. The first kappa shape index (κ1) is 13.7. The van der Waals surface area contributed by atoms with Crippen molar-refractivity contribution in [2.75, 3.05) is 7.11 Å². The molecule has 0 spiro atoms. The number of hydrogen-bond acceptors (Lipinski definition) is 4. The standard InChI is InChI=1S/C15H16FN3O2/c1-21-15(20)11-4-7-13-17-18-14(19(13)9-11)8-10-2-5-12(16)6-3-10/h2-3,5-6,11H,4,7-9H2,1H3/t11-/m0/s1. The fraction of sp³-hybridized carbons (Fsp3) is 0.400. The number of aryl methyl sites for hydroxylation is 1. The highest BCUT2D eigenvalue weighted by atomic mass is 19.1. The molecule has 0 saturated carbocycles. The Kier molecular flexibility index (Phi) is 3.68. The molecule has 0 fully saturated rings. The van der Waals surface area contributed by atoms with Crippen molar-refractivity contribution in [1.29, 1.82) is 0 Å². The zero-order valence-corrected chi connectivity index (χ0v) is 11.8. The molecule has 0 unspecified atom stereocenters. The van der Waals surface area contributed by atoms with E-state index in [2.05, 4.69) is 10.2 Å². The number of aromatic nitrogens is 3. The summed E-state index contributed by atoms with van der Waals surface area (Å²) in [5, 5.41) is 8.38. The van der Waals surface area contributed by atoms with Crippen molar-refractivity contribution in [3.8, 4) is 0 Å². The van der Waals surface area contributed by atoms with Crippen LogP contribution in [0.15, 0.2) is 24.3 Å². The second-order valence-corrected chi connectivity index (χ2v) is 5.21. The molecule has 0 bridgehead atoms. The number of rotatable bonds is 3. The monoisotopic (exact) mass is 289 g/mol. The Morgan fingerprint density at radius 1 is 1.38 bits per heavy atom. The van der Waals surface area contributed by atoms with Crippen LogP contribution in [0, 0.1) is 11.7 Å². The minimum Gasteiger partial charge on any atom is -0.469 e. The van der Waals surface area contributed by atoms with Gasteiger partial charge < -0.3 is 9.30 Å². The van der Waals surface area contributed by atoms with E-state index in [0.717, 1.165) is 30.1 Å². The van der Waals surface area contributed by atoms with E-state index in [4.69, 9.17) is 4.74 Å². The minimum absolute atomic E-state index is 0.148. The van der Waals surface area contributed by atoms with Gasteiger partial charge in [-0.15, -0.1) is 10.2 Å². The topological polar surface area (TPSA) is 57.0 Å². The highest BCUT2D eigenvalue weighted by molar-refractivity contribution is 5.72. The maximum Gasteiger partial charge on any atom is 0.310 e. The molecule has 3 rings (SSSR count). The van der Waals surface area contributed by atoms with Crippen LogP contribution >= 0.6 is 0 Å². The van der Waals surface area contributed by atoms with E-state index in [9.17, 15) is 9.18 Å². The van der Waals surface area contributed by atoms with Gasteiger partial charge in [-0.3, -0.25) is 4.79 Å². The highest BCUT2D eigenvalue weighted by Crippen LogP contribution is 2.22. The smallest absolute Gasteiger partial charge is 0.310 e. The van der Waals surface area contributed by atoms with Crippen LogP contribution in [-0.4, -0.2) is 27.8 Å². The van der Waals surface area contributed by atoms with Crippen LogP contribution in [0.1, 0.15) is 23.6 Å². The average Bonchev–Trinajstić information content (AvgIpc) is 2.91. The van der Waals surface area contributed by atoms with Crippen molar-refractivity contribution < 1.29 is 13.9 Å². The Balaban J connectivity index is 1.81. The van der Waals surface area contributed by atoms with Gasteiger partial charge in [-0.25, -0.2) is 4.39 Å². The van der Waals surface area contributed by atoms with Gasteiger partial charge in [-0.2, -0.15) is 0 Å². The average molecular weight is 289 g/mol. The summed E-state index contributed by atoms with van der Waals surface area (Å²) >= 11 is 0. The van der Waals surface area contributed by atoms with Crippen LogP contribution in [0.4, 0.5) is 4.39 Å². The van der Waals surface area contributed by atoms with E-state index < -0.39 is 0 Å². The van der Waals surface area contributed by atoms with Crippen molar-refractivity contribution in [3.63, 3.8) is 0 Å². The van der Waals surface area contributed by atoms with Crippen molar-refractivity contribution in [1.82, 2.24) is 14.8 Å². The normalized spacial score (nSPS) is 17.3. The molecule has 0 amide bonds. The van der Waals surface area contributed by atoms with Crippen LogP contribution in [0.2, 0.25) is 0 Å². The van der Waals surface area contributed by atoms with Gasteiger partial charge in [0.2, 0.25) is 0 Å². The summed E-state index contributed by atoms with van der Waals surface area (Å²) in [5.41, 5.74) is 0.965. The van der Waals surface area contributed by atoms with Gasteiger partial charge in [0, 0.05) is 19.4 Å². The molecule has 0 aliphatic carbocycles. The van der Waals surface area contributed by atoms with Gasteiger partial charge in [0.15, 0.2) is 0 Å². The lowest BCUT2D eigenvalue weighted by molar-refractivity contribution is -0.146. The van der Waals surface area contributed by atoms with Crippen LogP contribution in [0.3, 0.4) is 0 Å². The minimum atomic E-state index is -0.257. The molecule has 2 aromatic rings. The molecular weight excluding hydrogens is 273 g/mol. The third-order valence-corrected chi connectivity index (χ3v) is 3.83. The fourth-order valence-corrected chi connectivity index (χ4v) is 2.66. The summed E-state index contributed by atoms with van der Waals surface area (Å²) in [6.45, 7) is 0.547. The molecule has 1 aromatic carbocycles. The maximum atomic E-state index is 12.9. The van der Waals surface area contributed by atoms with E-state index in [1.807, 2.05) is 4.57 Å². The predicted molar refractivity (Wildman–Crippen MR) is 73.1 cm³/mol. The largest absolute Gasteiger partial charge is 0.469 e. The summed E-state index contributed by atoms with van der Waals surface area (Å²) in [7, 11) is 1.41. The van der Waals surface area contributed by atoms with E-state index in [1.165, 1.54) is 19.2 Å². The van der Waals surface area contributed by atoms with Crippen molar-refractivity contribution in [2.24, 2.45) is 5.92 Å². The molecule has 6 heteroatoms. The zero-order valence-electron chi connectivity index (χ0n) is 11.8. The van der Waals surface area contributed by atoms with Gasteiger partial charge in [0.1, 0.15) is 17.5 Å². The van der Waals surface area contributed by atoms with Crippen molar-refractivity contribution in [2.45, 2.75) is 25.8 Å². The second-order valence-electron chi connectivity index (χ2n) is 5.21. The van der Waals surface area contributed by atoms with E-state index >= 15 is 0 Å². The molecule has 2 heterocycles. The van der Waals surface area contributed by atoms with Crippen molar-refractivity contribution >= 4 is 5.97 Å². The SMILES string of the molecule is COC(=O)[C@H]1CCc2nnc(Cc3ccc(F)cc3)n2C1. The molecule has 1 atom stereocenters. The number of ether oxygens (including phenoxy) is 1. The molecule has 0 N–H and O–H groups in total. The zero-order chi connectivity index (χ0) is 14.8. The molecule has 110 valence electrons. The second kappa shape index (κ2) is 5.63. The summed E-state index contributed by atoms with van der Waals surface area (Å²) in [4.78, 5) is 11.7. The van der Waals surface area contributed by atoms with Crippen LogP contribution in [0.25, 0.3) is 0 Å². The maximum absolute atomic E-state index is 12.9. The lowest BCUT2D eigenvalue weighted by Gasteiger charge is -2.22. The lowest BCUT2D eigenvalue weighted by atomic mass is 9.99. The summed E-state index contributed by atoms with van der Waals surface area (Å²) < 4.78 is 19.7.